The van der Waals surface area contributed by atoms with Crippen LogP contribution in [-0.4, -0.2) is 60.3 Å². The first-order valence-corrected chi connectivity index (χ1v) is 6.24. The number of aliphatic hydroxyl groups excluding tert-OH is 1. The molecule has 3 nitrogen and oxygen atoms in total. The van der Waals surface area contributed by atoms with Crippen molar-refractivity contribution in [1.29, 1.82) is 0 Å². The van der Waals surface area contributed by atoms with Crippen LogP contribution in [0.3, 0.4) is 0 Å². The Morgan fingerprint density at radius 3 is 2.73 bits per heavy atom. The summed E-state index contributed by atoms with van der Waals surface area (Å²) >= 11 is 0. The minimum absolute atomic E-state index is 0.284. The van der Waals surface area contributed by atoms with E-state index < -0.39 is 0 Å². The SMILES string of the molecule is CCCCN1CC(CO)N(C)CCC1C. The molecule has 0 bridgehead atoms. The van der Waals surface area contributed by atoms with E-state index in [1.807, 2.05) is 0 Å². The number of hydrogen-bond acceptors (Lipinski definition) is 3. The van der Waals surface area contributed by atoms with E-state index in [9.17, 15) is 5.11 Å². The molecule has 0 aromatic heterocycles. The second-order valence-electron chi connectivity index (χ2n) is 4.80. The summed E-state index contributed by atoms with van der Waals surface area (Å²) in [5.41, 5.74) is 0. The number of rotatable bonds is 4. The van der Waals surface area contributed by atoms with Gasteiger partial charge >= 0.3 is 0 Å². The van der Waals surface area contributed by atoms with Crippen LogP contribution in [0, 0.1) is 0 Å². The van der Waals surface area contributed by atoms with Crippen LogP contribution >= 0.6 is 0 Å². The molecule has 2 atom stereocenters. The van der Waals surface area contributed by atoms with E-state index in [2.05, 4.69) is 30.7 Å². The van der Waals surface area contributed by atoms with Crippen molar-refractivity contribution in [3.05, 3.63) is 0 Å². The van der Waals surface area contributed by atoms with E-state index in [-0.39, 0.29) is 6.61 Å². The van der Waals surface area contributed by atoms with Gasteiger partial charge in [-0.25, -0.2) is 0 Å². The van der Waals surface area contributed by atoms with E-state index in [0.717, 1.165) is 13.1 Å². The van der Waals surface area contributed by atoms with Crippen molar-refractivity contribution in [3.63, 3.8) is 0 Å². The summed E-state index contributed by atoms with van der Waals surface area (Å²) < 4.78 is 0. The summed E-state index contributed by atoms with van der Waals surface area (Å²) in [5.74, 6) is 0. The van der Waals surface area contributed by atoms with Crippen molar-refractivity contribution in [2.24, 2.45) is 0 Å². The monoisotopic (exact) mass is 214 g/mol. The molecule has 1 heterocycles. The van der Waals surface area contributed by atoms with Crippen molar-refractivity contribution in [2.45, 2.75) is 45.2 Å². The molecule has 1 N–H and O–H groups in total. The van der Waals surface area contributed by atoms with Crippen LogP contribution in [0.4, 0.5) is 0 Å². The molecule has 0 aromatic rings. The molecule has 3 heteroatoms. The van der Waals surface area contributed by atoms with Gasteiger partial charge in [-0.05, 0) is 39.9 Å². The smallest absolute Gasteiger partial charge is 0.0599 e. The lowest BCUT2D eigenvalue weighted by Gasteiger charge is -2.29. The Bertz CT molecular complexity index is 175. The Balaban J connectivity index is 2.52. The van der Waals surface area contributed by atoms with Crippen LogP contribution in [-0.2, 0) is 0 Å². The molecule has 0 aromatic carbocycles. The molecular formula is C12H26N2O. The summed E-state index contributed by atoms with van der Waals surface area (Å²) in [7, 11) is 2.12. The second-order valence-corrected chi connectivity index (χ2v) is 4.80. The van der Waals surface area contributed by atoms with Crippen molar-refractivity contribution in [2.75, 3.05) is 33.3 Å². The Kier molecular flexibility index (Phi) is 5.58. The van der Waals surface area contributed by atoms with Gasteiger partial charge < -0.3 is 5.11 Å². The summed E-state index contributed by atoms with van der Waals surface area (Å²) in [6.07, 6.45) is 3.74. The van der Waals surface area contributed by atoms with Crippen molar-refractivity contribution < 1.29 is 5.11 Å². The Labute approximate surface area is 94.1 Å². The van der Waals surface area contributed by atoms with Crippen LogP contribution in [0.1, 0.15) is 33.1 Å². The van der Waals surface area contributed by atoms with Gasteiger partial charge in [-0.2, -0.15) is 0 Å². The highest BCUT2D eigenvalue weighted by Gasteiger charge is 2.25. The Morgan fingerprint density at radius 2 is 2.13 bits per heavy atom. The zero-order valence-electron chi connectivity index (χ0n) is 10.4. The van der Waals surface area contributed by atoms with Crippen LogP contribution in [0.2, 0.25) is 0 Å². The van der Waals surface area contributed by atoms with Gasteiger partial charge in [-0.15, -0.1) is 0 Å². The van der Waals surface area contributed by atoms with Crippen molar-refractivity contribution >= 4 is 0 Å². The fourth-order valence-electron chi connectivity index (χ4n) is 2.22. The normalized spacial score (nSPS) is 30.4. The fraction of sp³-hybridized carbons (Fsp3) is 1.00. The average Bonchev–Trinajstić information content (AvgIpc) is 2.37. The molecule has 0 radical (unpaired) electrons. The van der Waals surface area contributed by atoms with E-state index >= 15 is 0 Å². The summed E-state index contributed by atoms with van der Waals surface area (Å²) in [6.45, 7) is 8.14. The molecule has 2 unspecified atom stereocenters. The van der Waals surface area contributed by atoms with Crippen LogP contribution in [0.5, 0.6) is 0 Å². The predicted octanol–water partition coefficient (Wildman–Crippen LogP) is 1.17. The molecule has 90 valence electrons. The van der Waals surface area contributed by atoms with Crippen LogP contribution in [0.15, 0.2) is 0 Å². The van der Waals surface area contributed by atoms with Gasteiger partial charge in [-0.3, -0.25) is 9.80 Å². The molecule has 1 saturated heterocycles. The van der Waals surface area contributed by atoms with Gasteiger partial charge in [0.15, 0.2) is 0 Å². The zero-order chi connectivity index (χ0) is 11.3. The van der Waals surface area contributed by atoms with Gasteiger partial charge in [-0.1, -0.05) is 13.3 Å². The third kappa shape index (κ3) is 3.74. The molecule has 1 aliphatic heterocycles. The van der Waals surface area contributed by atoms with Crippen LogP contribution < -0.4 is 0 Å². The number of likely N-dealkylation sites (N-methyl/N-ethyl adjacent to an activating group) is 1. The molecule has 0 amide bonds. The van der Waals surface area contributed by atoms with Crippen molar-refractivity contribution in [1.82, 2.24) is 9.80 Å². The lowest BCUT2D eigenvalue weighted by atomic mass is 10.2. The van der Waals surface area contributed by atoms with Gasteiger partial charge in [0, 0.05) is 18.6 Å². The maximum absolute atomic E-state index is 9.35. The number of aliphatic hydroxyl groups is 1. The molecule has 1 rings (SSSR count). The maximum Gasteiger partial charge on any atom is 0.0599 e. The van der Waals surface area contributed by atoms with Gasteiger partial charge in [0.1, 0.15) is 0 Å². The fourth-order valence-corrected chi connectivity index (χ4v) is 2.22. The third-order valence-corrected chi connectivity index (χ3v) is 3.60. The molecule has 1 aliphatic rings. The van der Waals surface area contributed by atoms with Gasteiger partial charge in [0.05, 0.1) is 6.61 Å². The molecule has 0 spiro atoms. The van der Waals surface area contributed by atoms with Gasteiger partial charge in [0.25, 0.3) is 0 Å². The first-order chi connectivity index (χ1) is 7.19. The highest BCUT2D eigenvalue weighted by Crippen LogP contribution is 2.14. The maximum atomic E-state index is 9.35. The quantitative estimate of drug-likeness (QED) is 0.761. The minimum atomic E-state index is 0.284. The molecule has 1 fully saturated rings. The van der Waals surface area contributed by atoms with E-state index in [4.69, 9.17) is 0 Å². The summed E-state index contributed by atoms with van der Waals surface area (Å²) in [5, 5.41) is 9.35. The number of hydrogen-bond donors (Lipinski definition) is 1. The average molecular weight is 214 g/mol. The molecule has 15 heavy (non-hydrogen) atoms. The zero-order valence-corrected chi connectivity index (χ0v) is 10.4. The van der Waals surface area contributed by atoms with Crippen molar-refractivity contribution in [3.8, 4) is 0 Å². The summed E-state index contributed by atoms with van der Waals surface area (Å²) in [4.78, 5) is 4.83. The second kappa shape index (κ2) is 6.46. The first-order valence-electron chi connectivity index (χ1n) is 6.24. The molecule has 0 saturated carbocycles. The number of nitrogens with zero attached hydrogens (tertiary/aromatic N) is 2. The van der Waals surface area contributed by atoms with E-state index in [1.165, 1.54) is 25.8 Å². The standard InChI is InChI=1S/C12H26N2O/c1-4-5-7-14-9-12(10-15)13(3)8-6-11(14)2/h11-12,15H,4-10H2,1-3H3. The highest BCUT2D eigenvalue weighted by atomic mass is 16.3. The minimum Gasteiger partial charge on any atom is -0.395 e. The van der Waals surface area contributed by atoms with Gasteiger partial charge in [0.2, 0.25) is 0 Å². The lowest BCUT2D eigenvalue weighted by molar-refractivity contribution is 0.122. The van der Waals surface area contributed by atoms with Crippen LogP contribution in [0.25, 0.3) is 0 Å². The molecule has 0 aliphatic carbocycles. The van der Waals surface area contributed by atoms with E-state index in [1.54, 1.807) is 0 Å². The topological polar surface area (TPSA) is 26.7 Å². The molecular weight excluding hydrogens is 188 g/mol. The third-order valence-electron chi connectivity index (χ3n) is 3.60. The number of unbranched alkanes of at least 4 members (excludes halogenated alkanes) is 1. The Hall–Kier alpha value is -0.120. The predicted molar refractivity (Wildman–Crippen MR) is 64.1 cm³/mol. The van der Waals surface area contributed by atoms with E-state index in [0.29, 0.717) is 12.1 Å². The largest absolute Gasteiger partial charge is 0.395 e. The Morgan fingerprint density at radius 1 is 1.40 bits per heavy atom. The lowest BCUT2D eigenvalue weighted by Crippen LogP contribution is -2.43. The highest BCUT2D eigenvalue weighted by molar-refractivity contribution is 4.81. The first kappa shape index (κ1) is 12.9. The summed E-state index contributed by atoms with van der Waals surface area (Å²) in [6, 6.07) is 0.988.